The molecule has 2 aromatic carbocycles. The van der Waals surface area contributed by atoms with Crippen molar-refractivity contribution in [1.82, 2.24) is 0 Å². The van der Waals surface area contributed by atoms with Crippen LogP contribution in [0.2, 0.25) is 0 Å². The lowest BCUT2D eigenvalue weighted by Gasteiger charge is -2.39. The summed E-state index contributed by atoms with van der Waals surface area (Å²) < 4.78 is 26.9. The van der Waals surface area contributed by atoms with E-state index in [1.165, 1.54) is 0 Å². The molecule has 0 aliphatic carbocycles. The third-order valence-electron chi connectivity index (χ3n) is 5.91. The average Bonchev–Trinajstić information content (AvgIpc) is 2.87. The van der Waals surface area contributed by atoms with Gasteiger partial charge in [-0.25, -0.2) is 0 Å². The van der Waals surface area contributed by atoms with E-state index < -0.39 is 82.6 Å². The summed E-state index contributed by atoms with van der Waals surface area (Å²) in [6.07, 6.45) is -8.15. The van der Waals surface area contributed by atoms with Gasteiger partial charge in [0.25, 0.3) is 0 Å². The van der Waals surface area contributed by atoms with Crippen LogP contribution in [0.1, 0.15) is 0 Å². The molecule has 2 heterocycles. The maximum Gasteiger partial charge on any atom is 0.239 e. The Morgan fingerprint density at radius 1 is 0.892 bits per heavy atom. The molecule has 3 aromatic rings. The zero-order valence-electron chi connectivity index (χ0n) is 19.4. The van der Waals surface area contributed by atoms with Gasteiger partial charge in [0.05, 0.1) is 26.4 Å². The Kier molecular flexibility index (Phi) is 6.94. The molecule has 14 heteroatoms. The molecule has 5 atom stereocenters. The summed E-state index contributed by atoms with van der Waals surface area (Å²) in [7, 11) is 2.27. The van der Waals surface area contributed by atoms with Crippen molar-refractivity contribution < 1.29 is 64.2 Å². The van der Waals surface area contributed by atoms with Gasteiger partial charge in [0, 0.05) is 6.07 Å². The molecule has 1 aliphatic rings. The van der Waals surface area contributed by atoms with Gasteiger partial charge in [0.1, 0.15) is 35.4 Å². The van der Waals surface area contributed by atoms with Crippen molar-refractivity contribution in [1.29, 1.82) is 0 Å². The Morgan fingerprint density at radius 2 is 1.57 bits per heavy atom. The lowest BCUT2D eigenvalue weighted by molar-refractivity contribution is -0.277. The molecule has 200 valence electrons. The predicted molar refractivity (Wildman–Crippen MR) is 122 cm³/mol. The molecule has 0 saturated carbocycles. The standard InChI is InChI=1S/C23H24O14/c1-33-21-10(36-23-19(32)18(31)15(28)11(6-24)37-23)5-9-12(16(21)29)17(30)22(34-2)20(35-9)7-3-4-8(25)14(27)13(7)26/h3-5,11,15,18-19,23-29,31-32H,6H2,1-2H3/t11-,15-,18+,19+,23-/m1/s1. The molecular weight excluding hydrogens is 500 g/mol. The van der Waals surface area contributed by atoms with Crippen LogP contribution in [-0.2, 0) is 4.74 Å². The molecule has 4 rings (SSSR count). The van der Waals surface area contributed by atoms with Gasteiger partial charge in [-0.05, 0) is 12.1 Å². The quantitative estimate of drug-likeness (QED) is 0.190. The van der Waals surface area contributed by atoms with Crippen LogP contribution in [-0.4, -0.2) is 92.4 Å². The predicted octanol–water partition coefficient (Wildman–Crippen LogP) is -0.522. The molecule has 0 unspecified atom stereocenters. The summed E-state index contributed by atoms with van der Waals surface area (Å²) >= 11 is 0. The van der Waals surface area contributed by atoms with Crippen molar-refractivity contribution in [2.45, 2.75) is 30.7 Å². The van der Waals surface area contributed by atoms with Gasteiger partial charge in [-0.15, -0.1) is 0 Å². The Labute approximate surface area is 207 Å². The van der Waals surface area contributed by atoms with Gasteiger partial charge in [-0.1, -0.05) is 0 Å². The third-order valence-corrected chi connectivity index (χ3v) is 5.91. The summed E-state index contributed by atoms with van der Waals surface area (Å²) in [6, 6.07) is 3.26. The highest BCUT2D eigenvalue weighted by atomic mass is 16.7. The monoisotopic (exact) mass is 524 g/mol. The topological polar surface area (TPSA) is 229 Å². The molecular formula is C23H24O14. The van der Waals surface area contributed by atoms with E-state index in [1.807, 2.05) is 0 Å². The van der Waals surface area contributed by atoms with Crippen LogP contribution >= 0.6 is 0 Å². The van der Waals surface area contributed by atoms with Crippen LogP contribution in [0.4, 0.5) is 0 Å². The van der Waals surface area contributed by atoms with E-state index in [0.717, 1.165) is 32.4 Å². The Bertz CT molecular complexity index is 1380. The summed E-state index contributed by atoms with van der Waals surface area (Å²) in [5.74, 6) is -4.67. The third kappa shape index (κ3) is 4.20. The number of aliphatic hydroxyl groups is 4. The van der Waals surface area contributed by atoms with Crippen LogP contribution in [0.3, 0.4) is 0 Å². The van der Waals surface area contributed by atoms with Crippen LogP contribution in [0.25, 0.3) is 22.3 Å². The molecule has 8 N–H and O–H groups in total. The number of hydrogen-bond donors (Lipinski definition) is 8. The number of benzene rings is 2. The van der Waals surface area contributed by atoms with Gasteiger partial charge in [0.2, 0.25) is 29.0 Å². The lowest BCUT2D eigenvalue weighted by Crippen LogP contribution is -2.60. The molecule has 37 heavy (non-hydrogen) atoms. The Hall–Kier alpha value is -3.95. The number of methoxy groups -OCH3 is 2. The first kappa shape index (κ1) is 26.1. The smallest absolute Gasteiger partial charge is 0.239 e. The van der Waals surface area contributed by atoms with Crippen molar-refractivity contribution in [3.8, 4) is 51.6 Å². The maximum absolute atomic E-state index is 13.2. The summed E-state index contributed by atoms with van der Waals surface area (Å²) in [5, 5.41) is 80.0. The number of aromatic hydroxyl groups is 4. The highest BCUT2D eigenvalue weighted by Gasteiger charge is 2.45. The molecule has 1 aromatic heterocycles. The molecule has 0 radical (unpaired) electrons. The summed E-state index contributed by atoms with van der Waals surface area (Å²) in [4.78, 5) is 13.2. The first-order valence-electron chi connectivity index (χ1n) is 10.7. The minimum absolute atomic E-state index is 0.238. The van der Waals surface area contributed by atoms with Gasteiger partial charge >= 0.3 is 0 Å². The minimum Gasteiger partial charge on any atom is -0.504 e. The van der Waals surface area contributed by atoms with Crippen molar-refractivity contribution in [2.24, 2.45) is 0 Å². The van der Waals surface area contributed by atoms with Crippen molar-refractivity contribution in [2.75, 3.05) is 20.8 Å². The minimum atomic E-state index is -1.80. The van der Waals surface area contributed by atoms with E-state index >= 15 is 0 Å². The highest BCUT2D eigenvalue weighted by molar-refractivity contribution is 5.92. The second-order valence-electron chi connectivity index (χ2n) is 8.07. The zero-order chi connectivity index (χ0) is 27.2. The van der Waals surface area contributed by atoms with E-state index in [0.29, 0.717) is 0 Å². The number of hydrogen-bond acceptors (Lipinski definition) is 14. The van der Waals surface area contributed by atoms with Crippen molar-refractivity contribution in [3.05, 3.63) is 28.4 Å². The highest BCUT2D eigenvalue weighted by Crippen LogP contribution is 2.48. The van der Waals surface area contributed by atoms with Crippen LogP contribution in [0, 0.1) is 0 Å². The van der Waals surface area contributed by atoms with Gasteiger partial charge in [-0.2, -0.15) is 0 Å². The Balaban J connectivity index is 1.90. The van der Waals surface area contributed by atoms with E-state index in [1.54, 1.807) is 0 Å². The van der Waals surface area contributed by atoms with E-state index in [4.69, 9.17) is 23.4 Å². The molecule has 0 spiro atoms. The normalized spacial score (nSPS) is 23.7. The van der Waals surface area contributed by atoms with Crippen LogP contribution in [0.5, 0.6) is 40.2 Å². The van der Waals surface area contributed by atoms with E-state index in [9.17, 15) is 45.6 Å². The molecule has 0 amide bonds. The number of ether oxygens (including phenoxy) is 4. The second kappa shape index (κ2) is 9.84. The summed E-state index contributed by atoms with van der Waals surface area (Å²) in [6.45, 7) is -0.716. The molecule has 0 bridgehead atoms. The lowest BCUT2D eigenvalue weighted by atomic mass is 9.99. The van der Waals surface area contributed by atoms with Gasteiger partial charge in [-0.3, -0.25) is 4.79 Å². The Morgan fingerprint density at radius 3 is 2.19 bits per heavy atom. The van der Waals surface area contributed by atoms with Gasteiger partial charge in [0.15, 0.2) is 28.8 Å². The zero-order valence-corrected chi connectivity index (χ0v) is 19.4. The number of fused-ring (bicyclic) bond motifs is 1. The largest absolute Gasteiger partial charge is 0.504 e. The SMILES string of the molecule is COc1c(O[C@@H]2O[C@H](CO)[C@@H](O)[C@H](O)[C@@H]2O)cc2oc(-c3ccc(O)c(O)c3O)c(OC)c(=O)c2c1O. The van der Waals surface area contributed by atoms with E-state index in [-0.39, 0.29) is 22.7 Å². The first-order valence-corrected chi connectivity index (χ1v) is 10.7. The number of phenolic OH excluding ortho intramolecular Hbond substituents is 4. The number of phenols is 4. The average molecular weight is 524 g/mol. The van der Waals surface area contributed by atoms with Crippen molar-refractivity contribution >= 4 is 11.0 Å². The molecule has 1 saturated heterocycles. The first-order chi connectivity index (χ1) is 17.5. The number of rotatable bonds is 6. The fraction of sp³-hybridized carbons (Fsp3) is 0.348. The van der Waals surface area contributed by atoms with E-state index in [2.05, 4.69) is 0 Å². The fourth-order valence-electron chi connectivity index (χ4n) is 3.97. The fourth-order valence-corrected chi connectivity index (χ4v) is 3.97. The maximum atomic E-state index is 13.2. The molecule has 14 nitrogen and oxygen atoms in total. The summed E-state index contributed by atoms with van der Waals surface area (Å²) in [5.41, 5.74) is -1.47. The van der Waals surface area contributed by atoms with Crippen molar-refractivity contribution in [3.63, 3.8) is 0 Å². The van der Waals surface area contributed by atoms with Gasteiger partial charge < -0.3 is 64.2 Å². The molecule has 1 fully saturated rings. The second-order valence-corrected chi connectivity index (χ2v) is 8.07. The van der Waals surface area contributed by atoms with Crippen LogP contribution in [0.15, 0.2) is 27.4 Å². The molecule has 1 aliphatic heterocycles. The van der Waals surface area contributed by atoms with Crippen LogP contribution < -0.4 is 19.6 Å². The number of aliphatic hydroxyl groups excluding tert-OH is 4.